The SMILES string of the molecule is CC(CCC(=O)Nc1ccccc1)CC(C)(C)CC(=O)NO. The molecule has 0 aliphatic heterocycles. The molecule has 122 valence electrons. The van der Waals surface area contributed by atoms with E-state index in [1.54, 1.807) is 5.48 Å². The molecule has 0 bridgehead atoms. The first-order valence-electron chi connectivity index (χ1n) is 7.60. The van der Waals surface area contributed by atoms with Gasteiger partial charge in [-0.15, -0.1) is 0 Å². The summed E-state index contributed by atoms with van der Waals surface area (Å²) in [6.45, 7) is 6.06. The number of amides is 2. The van der Waals surface area contributed by atoms with E-state index in [0.29, 0.717) is 12.3 Å². The average molecular weight is 306 g/mol. The van der Waals surface area contributed by atoms with Gasteiger partial charge in [-0.1, -0.05) is 39.0 Å². The van der Waals surface area contributed by atoms with E-state index >= 15 is 0 Å². The maximum Gasteiger partial charge on any atom is 0.243 e. The maximum atomic E-state index is 11.9. The Morgan fingerprint density at radius 1 is 1.18 bits per heavy atom. The quantitative estimate of drug-likeness (QED) is 0.509. The molecule has 0 heterocycles. The summed E-state index contributed by atoms with van der Waals surface area (Å²) in [5.74, 6) is -0.0500. The first-order chi connectivity index (χ1) is 10.3. The van der Waals surface area contributed by atoms with E-state index in [9.17, 15) is 9.59 Å². The highest BCUT2D eigenvalue weighted by atomic mass is 16.5. The number of carbonyl (C=O) groups is 2. The fourth-order valence-electron chi connectivity index (χ4n) is 2.71. The maximum absolute atomic E-state index is 11.9. The van der Waals surface area contributed by atoms with Crippen LogP contribution >= 0.6 is 0 Å². The van der Waals surface area contributed by atoms with Gasteiger partial charge >= 0.3 is 0 Å². The highest BCUT2D eigenvalue weighted by Gasteiger charge is 2.24. The lowest BCUT2D eigenvalue weighted by Gasteiger charge is -2.27. The molecular formula is C17H26N2O3. The van der Waals surface area contributed by atoms with Gasteiger partial charge in [0.2, 0.25) is 11.8 Å². The molecular weight excluding hydrogens is 280 g/mol. The van der Waals surface area contributed by atoms with Crippen LogP contribution in [0.2, 0.25) is 0 Å². The minimum absolute atomic E-state index is 0.00366. The molecule has 0 aromatic heterocycles. The largest absolute Gasteiger partial charge is 0.326 e. The second kappa shape index (κ2) is 8.54. The second-order valence-electron chi connectivity index (χ2n) is 6.64. The number of hydroxylamine groups is 1. The third kappa shape index (κ3) is 7.22. The number of rotatable bonds is 8. The Morgan fingerprint density at radius 3 is 2.41 bits per heavy atom. The van der Waals surface area contributed by atoms with Crippen molar-refractivity contribution in [1.82, 2.24) is 5.48 Å². The smallest absolute Gasteiger partial charge is 0.243 e. The number of hydrogen-bond donors (Lipinski definition) is 3. The van der Waals surface area contributed by atoms with E-state index in [-0.39, 0.29) is 23.7 Å². The number of anilines is 1. The molecule has 0 spiro atoms. The molecule has 5 heteroatoms. The number of benzene rings is 1. The summed E-state index contributed by atoms with van der Waals surface area (Å²) in [6.07, 6.45) is 2.31. The molecule has 0 fully saturated rings. The summed E-state index contributed by atoms with van der Waals surface area (Å²) >= 11 is 0. The number of nitrogens with one attached hydrogen (secondary N) is 2. The molecule has 0 saturated heterocycles. The van der Waals surface area contributed by atoms with Crippen molar-refractivity contribution in [2.45, 2.75) is 46.5 Å². The Balaban J connectivity index is 2.34. The zero-order valence-electron chi connectivity index (χ0n) is 13.6. The van der Waals surface area contributed by atoms with Crippen LogP contribution in [0.15, 0.2) is 30.3 Å². The summed E-state index contributed by atoms with van der Waals surface area (Å²) < 4.78 is 0. The fourth-order valence-corrected chi connectivity index (χ4v) is 2.71. The second-order valence-corrected chi connectivity index (χ2v) is 6.64. The van der Waals surface area contributed by atoms with Gasteiger partial charge < -0.3 is 5.32 Å². The van der Waals surface area contributed by atoms with Gasteiger partial charge in [0.1, 0.15) is 0 Å². The van der Waals surface area contributed by atoms with Crippen LogP contribution in [0.25, 0.3) is 0 Å². The monoisotopic (exact) mass is 306 g/mol. The molecule has 1 aromatic rings. The van der Waals surface area contributed by atoms with E-state index in [1.807, 2.05) is 44.2 Å². The van der Waals surface area contributed by atoms with Crippen LogP contribution < -0.4 is 10.8 Å². The van der Waals surface area contributed by atoms with Gasteiger partial charge in [0, 0.05) is 18.5 Å². The van der Waals surface area contributed by atoms with Gasteiger partial charge in [-0.25, -0.2) is 5.48 Å². The van der Waals surface area contributed by atoms with Gasteiger partial charge in [0.15, 0.2) is 0 Å². The van der Waals surface area contributed by atoms with E-state index in [4.69, 9.17) is 5.21 Å². The van der Waals surface area contributed by atoms with Crippen molar-refractivity contribution in [2.24, 2.45) is 11.3 Å². The Hall–Kier alpha value is -1.88. The van der Waals surface area contributed by atoms with E-state index in [0.717, 1.165) is 18.5 Å². The Kier molecular flexibility index (Phi) is 7.05. The molecule has 0 saturated carbocycles. The lowest BCUT2D eigenvalue weighted by molar-refractivity contribution is -0.131. The topological polar surface area (TPSA) is 78.4 Å². The Bertz CT molecular complexity index is 486. The Morgan fingerprint density at radius 2 is 1.82 bits per heavy atom. The van der Waals surface area contributed by atoms with Crippen LogP contribution in [0.1, 0.15) is 46.5 Å². The molecule has 0 radical (unpaired) electrons. The molecule has 0 aliphatic rings. The van der Waals surface area contributed by atoms with E-state index < -0.39 is 0 Å². The van der Waals surface area contributed by atoms with Crippen molar-refractivity contribution >= 4 is 17.5 Å². The van der Waals surface area contributed by atoms with Crippen molar-refractivity contribution in [3.8, 4) is 0 Å². The third-order valence-electron chi connectivity index (χ3n) is 3.59. The predicted octanol–water partition coefficient (Wildman–Crippen LogP) is 3.35. The number of para-hydroxylation sites is 1. The number of hydrogen-bond acceptors (Lipinski definition) is 3. The molecule has 1 unspecified atom stereocenters. The van der Waals surface area contributed by atoms with Crippen molar-refractivity contribution in [3.05, 3.63) is 30.3 Å². The molecule has 2 amide bonds. The van der Waals surface area contributed by atoms with Crippen molar-refractivity contribution in [2.75, 3.05) is 5.32 Å². The normalized spacial score (nSPS) is 12.5. The van der Waals surface area contributed by atoms with Crippen molar-refractivity contribution < 1.29 is 14.8 Å². The summed E-state index contributed by atoms with van der Waals surface area (Å²) in [5.41, 5.74) is 2.27. The van der Waals surface area contributed by atoms with Crippen LogP contribution in [0.4, 0.5) is 5.69 Å². The molecule has 0 aliphatic carbocycles. The minimum atomic E-state index is -0.376. The average Bonchev–Trinajstić information content (AvgIpc) is 2.45. The lowest BCUT2D eigenvalue weighted by atomic mass is 9.79. The van der Waals surface area contributed by atoms with Gasteiger partial charge in [-0.2, -0.15) is 0 Å². The summed E-state index contributed by atoms with van der Waals surface area (Å²) in [6, 6.07) is 9.39. The number of carbonyl (C=O) groups excluding carboxylic acids is 2. The van der Waals surface area contributed by atoms with Gasteiger partial charge in [0.05, 0.1) is 0 Å². The predicted molar refractivity (Wildman–Crippen MR) is 86.4 cm³/mol. The molecule has 3 N–H and O–H groups in total. The highest BCUT2D eigenvalue weighted by molar-refractivity contribution is 5.90. The first kappa shape index (κ1) is 18.2. The summed E-state index contributed by atoms with van der Waals surface area (Å²) in [4.78, 5) is 23.2. The minimum Gasteiger partial charge on any atom is -0.326 e. The van der Waals surface area contributed by atoms with Crippen LogP contribution in [0.5, 0.6) is 0 Å². The summed E-state index contributed by atoms with van der Waals surface area (Å²) in [5, 5.41) is 11.5. The van der Waals surface area contributed by atoms with Crippen LogP contribution in [0.3, 0.4) is 0 Å². The molecule has 1 aromatic carbocycles. The van der Waals surface area contributed by atoms with Crippen molar-refractivity contribution in [3.63, 3.8) is 0 Å². The zero-order chi connectivity index (χ0) is 16.6. The lowest BCUT2D eigenvalue weighted by Crippen LogP contribution is -2.27. The first-order valence-corrected chi connectivity index (χ1v) is 7.60. The molecule has 22 heavy (non-hydrogen) atoms. The van der Waals surface area contributed by atoms with Gasteiger partial charge in [-0.3, -0.25) is 14.8 Å². The van der Waals surface area contributed by atoms with Crippen molar-refractivity contribution in [1.29, 1.82) is 0 Å². The van der Waals surface area contributed by atoms with Crippen LogP contribution in [-0.4, -0.2) is 17.0 Å². The summed E-state index contributed by atoms with van der Waals surface area (Å²) in [7, 11) is 0. The van der Waals surface area contributed by atoms with Gasteiger partial charge in [-0.05, 0) is 36.3 Å². The van der Waals surface area contributed by atoms with Gasteiger partial charge in [0.25, 0.3) is 0 Å². The zero-order valence-corrected chi connectivity index (χ0v) is 13.6. The molecule has 5 nitrogen and oxygen atoms in total. The molecule has 1 atom stereocenters. The fraction of sp³-hybridized carbons (Fsp3) is 0.529. The standard InChI is InChI=1S/C17H26N2O3/c1-13(11-17(2,3)12-16(21)19-22)9-10-15(20)18-14-7-5-4-6-8-14/h4-8,13,22H,9-12H2,1-3H3,(H,18,20)(H,19,21). The highest BCUT2D eigenvalue weighted by Crippen LogP contribution is 2.31. The van der Waals surface area contributed by atoms with Crippen LogP contribution in [-0.2, 0) is 9.59 Å². The molecule has 1 rings (SSSR count). The van der Waals surface area contributed by atoms with Crippen LogP contribution in [0, 0.1) is 11.3 Å². The van der Waals surface area contributed by atoms with E-state index in [1.165, 1.54) is 0 Å². The Labute approximate surface area is 132 Å². The third-order valence-corrected chi connectivity index (χ3v) is 3.59. The van der Waals surface area contributed by atoms with E-state index in [2.05, 4.69) is 12.2 Å².